The van der Waals surface area contributed by atoms with E-state index in [9.17, 15) is 4.79 Å². The third kappa shape index (κ3) is 2.15. The summed E-state index contributed by atoms with van der Waals surface area (Å²) in [6.07, 6.45) is 1.33. The van der Waals surface area contributed by atoms with Gasteiger partial charge in [-0.15, -0.1) is 0 Å². The predicted octanol–water partition coefficient (Wildman–Crippen LogP) is 1.50. The minimum Gasteiger partial charge on any atom is -0.463 e. The molecule has 1 aromatic carbocycles. The van der Waals surface area contributed by atoms with Gasteiger partial charge in [-0.2, -0.15) is 0 Å². The second kappa shape index (κ2) is 4.70. The van der Waals surface area contributed by atoms with Crippen LogP contribution in [-0.4, -0.2) is 9.55 Å². The van der Waals surface area contributed by atoms with E-state index < -0.39 is 0 Å². The molecule has 0 aliphatic rings. The molecule has 5 nitrogen and oxygen atoms in total. The van der Waals surface area contributed by atoms with Crippen LogP contribution in [0.15, 0.2) is 51.8 Å². The summed E-state index contributed by atoms with van der Waals surface area (Å²) < 4.78 is 7.18. The SMILES string of the molecule is NCc1ccc(Cn2c(=O)cnc3ccccc32)o1. The van der Waals surface area contributed by atoms with E-state index in [2.05, 4.69) is 4.98 Å². The molecule has 0 radical (unpaired) electrons. The first kappa shape index (κ1) is 11.7. The topological polar surface area (TPSA) is 74.0 Å². The monoisotopic (exact) mass is 255 g/mol. The van der Waals surface area contributed by atoms with Gasteiger partial charge in [0, 0.05) is 0 Å². The molecule has 2 N–H and O–H groups in total. The molecule has 0 atom stereocenters. The van der Waals surface area contributed by atoms with Gasteiger partial charge in [-0.05, 0) is 24.3 Å². The highest BCUT2D eigenvalue weighted by Crippen LogP contribution is 2.12. The Balaban J connectivity index is 2.09. The van der Waals surface area contributed by atoms with Crippen LogP contribution in [0.3, 0.4) is 0 Å². The minimum absolute atomic E-state index is 0.149. The third-order valence-electron chi connectivity index (χ3n) is 2.99. The van der Waals surface area contributed by atoms with Crippen molar-refractivity contribution in [3.63, 3.8) is 0 Å². The van der Waals surface area contributed by atoms with E-state index in [4.69, 9.17) is 10.2 Å². The number of hydrogen-bond acceptors (Lipinski definition) is 4. The number of nitrogens with zero attached hydrogens (tertiary/aromatic N) is 2. The smallest absolute Gasteiger partial charge is 0.269 e. The van der Waals surface area contributed by atoms with E-state index in [-0.39, 0.29) is 5.56 Å². The number of furan rings is 1. The van der Waals surface area contributed by atoms with Gasteiger partial charge in [0.1, 0.15) is 11.5 Å². The largest absolute Gasteiger partial charge is 0.463 e. The molecular formula is C14H13N3O2. The van der Waals surface area contributed by atoms with Gasteiger partial charge in [0.15, 0.2) is 0 Å². The van der Waals surface area contributed by atoms with Gasteiger partial charge in [0.2, 0.25) is 0 Å². The fraction of sp³-hybridized carbons (Fsp3) is 0.143. The minimum atomic E-state index is -0.149. The molecule has 0 saturated heterocycles. The highest BCUT2D eigenvalue weighted by atomic mass is 16.3. The van der Waals surface area contributed by atoms with Crippen molar-refractivity contribution in [2.75, 3.05) is 0 Å². The lowest BCUT2D eigenvalue weighted by molar-refractivity contribution is 0.455. The normalized spacial score (nSPS) is 11.0. The average Bonchev–Trinajstić information content (AvgIpc) is 2.90. The first-order valence-corrected chi connectivity index (χ1v) is 6.00. The molecule has 0 aliphatic carbocycles. The van der Waals surface area contributed by atoms with Crippen molar-refractivity contribution in [2.45, 2.75) is 13.1 Å². The Morgan fingerprint density at radius 2 is 1.95 bits per heavy atom. The Kier molecular flexibility index (Phi) is 2.89. The first-order valence-electron chi connectivity index (χ1n) is 6.00. The summed E-state index contributed by atoms with van der Waals surface area (Å²) in [4.78, 5) is 16.1. The first-order chi connectivity index (χ1) is 9.28. The lowest BCUT2D eigenvalue weighted by Crippen LogP contribution is -2.20. The van der Waals surface area contributed by atoms with E-state index >= 15 is 0 Å². The van der Waals surface area contributed by atoms with Gasteiger partial charge in [-0.25, -0.2) is 4.98 Å². The Morgan fingerprint density at radius 1 is 1.16 bits per heavy atom. The van der Waals surface area contributed by atoms with Gasteiger partial charge in [0.05, 0.1) is 30.3 Å². The fourth-order valence-electron chi connectivity index (χ4n) is 2.05. The van der Waals surface area contributed by atoms with Crippen LogP contribution in [0.5, 0.6) is 0 Å². The fourth-order valence-corrected chi connectivity index (χ4v) is 2.05. The lowest BCUT2D eigenvalue weighted by atomic mass is 10.3. The average molecular weight is 255 g/mol. The molecule has 0 amide bonds. The number of rotatable bonds is 3. The highest BCUT2D eigenvalue weighted by molar-refractivity contribution is 5.74. The van der Waals surface area contributed by atoms with Crippen LogP contribution in [0.1, 0.15) is 11.5 Å². The number of nitrogens with two attached hydrogens (primary N) is 1. The Hall–Kier alpha value is -2.40. The summed E-state index contributed by atoms with van der Waals surface area (Å²) >= 11 is 0. The molecule has 3 rings (SSSR count). The summed E-state index contributed by atoms with van der Waals surface area (Å²) in [6.45, 7) is 0.730. The van der Waals surface area contributed by atoms with Crippen LogP contribution in [-0.2, 0) is 13.1 Å². The molecule has 0 unspecified atom stereocenters. The van der Waals surface area contributed by atoms with Crippen molar-refractivity contribution in [1.29, 1.82) is 0 Å². The van der Waals surface area contributed by atoms with Gasteiger partial charge in [0.25, 0.3) is 5.56 Å². The Labute approximate surface area is 109 Å². The van der Waals surface area contributed by atoms with Gasteiger partial charge < -0.3 is 10.2 Å². The molecule has 96 valence electrons. The van der Waals surface area contributed by atoms with Crippen LogP contribution >= 0.6 is 0 Å². The second-order valence-electron chi connectivity index (χ2n) is 4.24. The molecule has 0 bridgehead atoms. The molecule has 0 aliphatic heterocycles. The summed E-state index contributed by atoms with van der Waals surface area (Å²) in [5, 5.41) is 0. The Bertz CT molecular complexity index is 773. The zero-order valence-electron chi connectivity index (χ0n) is 10.2. The Morgan fingerprint density at radius 3 is 2.74 bits per heavy atom. The summed E-state index contributed by atoms with van der Waals surface area (Å²) in [6, 6.07) is 11.2. The molecule has 2 aromatic heterocycles. The van der Waals surface area contributed by atoms with E-state index in [1.807, 2.05) is 36.4 Å². The molecule has 3 aromatic rings. The maximum Gasteiger partial charge on any atom is 0.269 e. The number of aromatic nitrogens is 2. The number of hydrogen-bond donors (Lipinski definition) is 1. The van der Waals surface area contributed by atoms with Crippen LogP contribution < -0.4 is 11.3 Å². The molecule has 0 fully saturated rings. The molecular weight excluding hydrogens is 242 g/mol. The van der Waals surface area contributed by atoms with E-state index in [0.717, 1.165) is 11.0 Å². The van der Waals surface area contributed by atoms with Crippen molar-refractivity contribution < 1.29 is 4.42 Å². The number of fused-ring (bicyclic) bond motifs is 1. The summed E-state index contributed by atoms with van der Waals surface area (Å²) in [5.74, 6) is 1.42. The number of para-hydroxylation sites is 2. The quantitative estimate of drug-likeness (QED) is 0.769. The number of benzene rings is 1. The summed E-state index contributed by atoms with van der Waals surface area (Å²) in [5.41, 5.74) is 6.93. The van der Waals surface area contributed by atoms with Crippen molar-refractivity contribution in [2.24, 2.45) is 5.73 Å². The van der Waals surface area contributed by atoms with Crippen LogP contribution in [0.4, 0.5) is 0 Å². The summed E-state index contributed by atoms with van der Waals surface area (Å²) in [7, 11) is 0. The molecule has 0 spiro atoms. The standard InChI is InChI=1S/C14H13N3O2/c15-7-10-5-6-11(19-10)9-17-13-4-2-1-3-12(13)16-8-14(17)18/h1-6,8H,7,9,15H2. The van der Waals surface area contributed by atoms with E-state index in [1.165, 1.54) is 6.20 Å². The van der Waals surface area contributed by atoms with E-state index in [0.29, 0.717) is 24.6 Å². The maximum atomic E-state index is 11.9. The molecule has 2 heterocycles. The maximum absolute atomic E-state index is 11.9. The lowest BCUT2D eigenvalue weighted by Gasteiger charge is -2.07. The molecule has 19 heavy (non-hydrogen) atoms. The van der Waals surface area contributed by atoms with Gasteiger partial charge in [-0.1, -0.05) is 12.1 Å². The highest BCUT2D eigenvalue weighted by Gasteiger charge is 2.07. The van der Waals surface area contributed by atoms with Gasteiger partial charge >= 0.3 is 0 Å². The third-order valence-corrected chi connectivity index (χ3v) is 2.99. The molecule has 5 heteroatoms. The van der Waals surface area contributed by atoms with Crippen LogP contribution in [0.2, 0.25) is 0 Å². The second-order valence-corrected chi connectivity index (χ2v) is 4.24. The molecule has 0 saturated carbocycles. The van der Waals surface area contributed by atoms with E-state index in [1.54, 1.807) is 4.57 Å². The van der Waals surface area contributed by atoms with Crippen molar-refractivity contribution >= 4 is 11.0 Å². The predicted molar refractivity (Wildman–Crippen MR) is 71.7 cm³/mol. The van der Waals surface area contributed by atoms with Crippen LogP contribution in [0, 0.1) is 0 Å². The van der Waals surface area contributed by atoms with Crippen molar-refractivity contribution in [3.05, 3.63) is 64.5 Å². The zero-order valence-corrected chi connectivity index (χ0v) is 10.2. The zero-order chi connectivity index (χ0) is 13.2. The van der Waals surface area contributed by atoms with Gasteiger partial charge in [-0.3, -0.25) is 9.36 Å². The van der Waals surface area contributed by atoms with Crippen molar-refractivity contribution in [3.8, 4) is 0 Å². The van der Waals surface area contributed by atoms with Crippen LogP contribution in [0.25, 0.3) is 11.0 Å². The van der Waals surface area contributed by atoms with Crippen molar-refractivity contribution in [1.82, 2.24) is 9.55 Å².